The molecule has 7 nitrogen and oxygen atoms in total. The van der Waals surface area contributed by atoms with E-state index in [4.69, 9.17) is 16.7 Å². The van der Waals surface area contributed by atoms with Gasteiger partial charge in [-0.15, -0.1) is 0 Å². The van der Waals surface area contributed by atoms with E-state index in [0.717, 1.165) is 17.5 Å². The molecule has 0 saturated carbocycles. The maximum atomic E-state index is 12.9. The minimum absolute atomic E-state index is 0.117. The fourth-order valence-electron chi connectivity index (χ4n) is 2.58. The van der Waals surface area contributed by atoms with Crippen LogP contribution in [0, 0.1) is 6.92 Å². The topological polar surface area (TPSA) is 100.0 Å². The molecule has 3 aromatic rings. The van der Waals surface area contributed by atoms with Gasteiger partial charge in [-0.1, -0.05) is 23.7 Å². The molecule has 0 fully saturated rings. The first-order valence-corrected chi connectivity index (χ1v) is 9.16. The quantitative estimate of drug-likeness (QED) is 0.751. The number of nitrogens with two attached hydrogens (primary N) is 1. The number of sulfonamides is 1. The van der Waals surface area contributed by atoms with Crippen LogP contribution in [0.15, 0.2) is 52.3 Å². The molecule has 0 aliphatic rings. The summed E-state index contributed by atoms with van der Waals surface area (Å²) in [6.45, 7) is 1.82. The molecular weight excluding hydrogens is 364 g/mol. The molecule has 2 N–H and O–H groups in total. The Bertz CT molecular complexity index is 1100. The van der Waals surface area contributed by atoms with Gasteiger partial charge in [0.15, 0.2) is 5.82 Å². The van der Waals surface area contributed by atoms with E-state index in [2.05, 4.69) is 4.98 Å². The summed E-state index contributed by atoms with van der Waals surface area (Å²) in [5.74, 6) is 0.295. The summed E-state index contributed by atoms with van der Waals surface area (Å²) in [4.78, 5) is 16.8. The lowest BCUT2D eigenvalue weighted by Gasteiger charge is -2.07. The first kappa shape index (κ1) is 17.4. The van der Waals surface area contributed by atoms with Crippen molar-refractivity contribution in [2.24, 2.45) is 12.2 Å². The molecule has 0 unspecified atom stereocenters. The van der Waals surface area contributed by atoms with Crippen LogP contribution in [-0.4, -0.2) is 22.8 Å². The maximum absolute atomic E-state index is 12.9. The highest BCUT2D eigenvalue weighted by Crippen LogP contribution is 2.23. The van der Waals surface area contributed by atoms with Crippen molar-refractivity contribution in [3.05, 3.63) is 63.7 Å². The second-order valence-corrected chi connectivity index (χ2v) is 7.50. The average Bonchev–Trinajstić information content (AvgIpc) is 2.78. The molecule has 1 aromatic carbocycles. The van der Waals surface area contributed by atoms with Crippen LogP contribution >= 0.6 is 11.6 Å². The molecule has 9 heteroatoms. The molecule has 2 heterocycles. The van der Waals surface area contributed by atoms with Crippen molar-refractivity contribution in [3.8, 4) is 16.9 Å². The van der Waals surface area contributed by atoms with Gasteiger partial charge in [-0.05, 0) is 36.8 Å². The summed E-state index contributed by atoms with van der Waals surface area (Å²) in [7, 11) is -2.11. The molecule has 0 saturated heterocycles. The van der Waals surface area contributed by atoms with Gasteiger partial charge in [0.1, 0.15) is 4.90 Å². The fourth-order valence-corrected chi connectivity index (χ4v) is 3.16. The Kier molecular flexibility index (Phi) is 4.28. The fraction of sp³-hybridized carbons (Fsp3) is 0.125. The minimum atomic E-state index is -3.84. The summed E-state index contributed by atoms with van der Waals surface area (Å²) >= 11 is 5.90. The maximum Gasteiger partial charge on any atom is 0.280 e. The zero-order chi connectivity index (χ0) is 18.4. The van der Waals surface area contributed by atoms with E-state index >= 15 is 0 Å². The molecule has 3 rings (SSSR count). The summed E-state index contributed by atoms with van der Waals surface area (Å²) in [5, 5.41) is 5.65. The first-order valence-electron chi connectivity index (χ1n) is 7.24. The number of hydrogen-bond acceptors (Lipinski definition) is 4. The van der Waals surface area contributed by atoms with Crippen LogP contribution in [0.1, 0.15) is 5.69 Å². The van der Waals surface area contributed by atoms with Crippen LogP contribution in [0.25, 0.3) is 16.9 Å². The van der Waals surface area contributed by atoms with Crippen molar-refractivity contribution in [2.75, 3.05) is 0 Å². The average molecular weight is 379 g/mol. The first-order chi connectivity index (χ1) is 11.7. The van der Waals surface area contributed by atoms with Crippen molar-refractivity contribution in [3.63, 3.8) is 0 Å². The summed E-state index contributed by atoms with van der Waals surface area (Å²) in [6.07, 6.45) is 1.13. The van der Waals surface area contributed by atoms with Crippen molar-refractivity contribution < 1.29 is 8.42 Å². The number of benzene rings is 1. The Morgan fingerprint density at radius 2 is 1.76 bits per heavy atom. The van der Waals surface area contributed by atoms with Gasteiger partial charge >= 0.3 is 0 Å². The van der Waals surface area contributed by atoms with Gasteiger partial charge in [-0.2, -0.15) is 4.68 Å². The molecular formula is C16H15ClN4O3S. The Hall–Kier alpha value is -2.42. The molecule has 0 radical (unpaired) electrons. The third kappa shape index (κ3) is 3.11. The van der Waals surface area contributed by atoms with E-state index < -0.39 is 10.0 Å². The highest BCUT2D eigenvalue weighted by Gasteiger charge is 2.19. The normalized spacial score (nSPS) is 11.7. The van der Waals surface area contributed by atoms with E-state index in [1.165, 1.54) is 16.8 Å². The molecule has 0 spiro atoms. The van der Waals surface area contributed by atoms with Gasteiger partial charge in [0.2, 0.25) is 10.0 Å². The van der Waals surface area contributed by atoms with Crippen molar-refractivity contribution in [1.82, 2.24) is 14.3 Å². The van der Waals surface area contributed by atoms with Crippen LogP contribution < -0.4 is 10.7 Å². The Balaban J connectivity index is 2.17. The molecule has 0 aliphatic carbocycles. The second kappa shape index (κ2) is 6.14. The van der Waals surface area contributed by atoms with Crippen molar-refractivity contribution in [2.45, 2.75) is 11.8 Å². The van der Waals surface area contributed by atoms with Gasteiger partial charge in [-0.3, -0.25) is 9.48 Å². The van der Waals surface area contributed by atoms with Crippen LogP contribution in [-0.2, 0) is 17.1 Å². The molecule has 130 valence electrons. The molecule has 0 amide bonds. The van der Waals surface area contributed by atoms with Gasteiger partial charge < -0.3 is 0 Å². The van der Waals surface area contributed by atoms with E-state index in [1.807, 2.05) is 6.92 Å². The number of pyridine rings is 1. The van der Waals surface area contributed by atoms with Crippen LogP contribution in [0.2, 0.25) is 5.02 Å². The lowest BCUT2D eigenvalue weighted by Crippen LogP contribution is -2.21. The van der Waals surface area contributed by atoms with Gasteiger partial charge in [0.25, 0.3) is 5.56 Å². The van der Waals surface area contributed by atoms with Crippen molar-refractivity contribution in [1.29, 1.82) is 0 Å². The molecule has 0 aliphatic heterocycles. The predicted molar refractivity (Wildman–Crippen MR) is 95.4 cm³/mol. The third-order valence-corrected chi connectivity index (χ3v) is 5.10. The molecule has 0 bridgehead atoms. The smallest absolute Gasteiger partial charge is 0.280 e. The van der Waals surface area contributed by atoms with Crippen LogP contribution in [0.3, 0.4) is 0 Å². The van der Waals surface area contributed by atoms with E-state index in [1.54, 1.807) is 36.0 Å². The minimum Gasteiger partial charge on any atom is -0.283 e. The van der Waals surface area contributed by atoms with E-state index in [-0.39, 0.29) is 10.5 Å². The lowest BCUT2D eigenvalue weighted by molar-refractivity contribution is 0.596. The largest absolute Gasteiger partial charge is 0.283 e. The van der Waals surface area contributed by atoms with Gasteiger partial charge in [-0.25, -0.2) is 18.5 Å². The summed E-state index contributed by atoms with van der Waals surface area (Å²) in [6, 6.07) is 9.72. The Morgan fingerprint density at radius 3 is 2.28 bits per heavy atom. The van der Waals surface area contributed by atoms with Crippen molar-refractivity contribution >= 4 is 21.6 Å². The summed E-state index contributed by atoms with van der Waals surface area (Å²) < 4.78 is 25.7. The highest BCUT2D eigenvalue weighted by atomic mass is 35.5. The number of hydrogen-bond donors (Lipinski definition) is 1. The number of rotatable bonds is 3. The molecule has 25 heavy (non-hydrogen) atoms. The predicted octanol–water partition coefficient (Wildman–Crippen LogP) is 1.85. The highest BCUT2D eigenvalue weighted by molar-refractivity contribution is 7.89. The SMILES string of the molecule is Cc1c(-c2ccc(Cl)cc2)c(=O)n(-c2ccc(S(N)(=O)=O)cn2)n1C. The molecule has 2 aromatic heterocycles. The standard InChI is InChI=1S/C16H15ClN4O3S/c1-10-15(11-3-5-12(17)6-4-11)16(22)21(20(10)2)14-8-7-13(9-19-14)25(18,23)24/h3-9H,1-2H3,(H2,18,23,24). The number of primary sulfonamides is 1. The number of aromatic nitrogens is 3. The second-order valence-electron chi connectivity index (χ2n) is 5.50. The monoisotopic (exact) mass is 378 g/mol. The van der Waals surface area contributed by atoms with E-state index in [0.29, 0.717) is 16.4 Å². The Morgan fingerprint density at radius 1 is 1.12 bits per heavy atom. The van der Waals surface area contributed by atoms with Gasteiger partial charge in [0.05, 0.1) is 5.56 Å². The van der Waals surface area contributed by atoms with Gasteiger partial charge in [0, 0.05) is 24.0 Å². The van der Waals surface area contributed by atoms with E-state index in [9.17, 15) is 13.2 Å². The van der Waals surface area contributed by atoms with Crippen LogP contribution in [0.4, 0.5) is 0 Å². The number of nitrogens with zero attached hydrogens (tertiary/aromatic N) is 3. The lowest BCUT2D eigenvalue weighted by atomic mass is 10.1. The number of halogens is 1. The third-order valence-electron chi connectivity index (χ3n) is 3.95. The zero-order valence-electron chi connectivity index (χ0n) is 13.5. The van der Waals surface area contributed by atoms with Crippen LogP contribution in [0.5, 0.6) is 0 Å². The summed E-state index contributed by atoms with van der Waals surface area (Å²) in [5.41, 5.74) is 1.74. The zero-order valence-corrected chi connectivity index (χ0v) is 15.0. The molecule has 0 atom stereocenters. The Labute approximate surface area is 149 Å².